The first-order chi connectivity index (χ1) is 9.19. The van der Waals surface area contributed by atoms with Gasteiger partial charge >= 0.3 is 0 Å². The van der Waals surface area contributed by atoms with Crippen LogP contribution in [0.25, 0.3) is 0 Å². The van der Waals surface area contributed by atoms with Gasteiger partial charge in [-0.2, -0.15) is 0 Å². The molecule has 0 bridgehead atoms. The molecule has 0 unspecified atom stereocenters. The maximum Gasteiger partial charge on any atom is 0.127 e. The fourth-order valence-corrected chi connectivity index (χ4v) is 1.82. The summed E-state index contributed by atoms with van der Waals surface area (Å²) in [7, 11) is 1.68. The van der Waals surface area contributed by atoms with Gasteiger partial charge in [0.25, 0.3) is 0 Å². The Morgan fingerprint density at radius 1 is 1.42 bits per heavy atom. The van der Waals surface area contributed by atoms with Crippen molar-refractivity contribution in [2.24, 2.45) is 0 Å². The standard InChI is InChI=1S/C16H23NO2/c1-12(2)8-9-19-16-10-15(18-3)7-4-13(16)11-17-14-5-6-14/h4,7,10,14,17H,1,5-6,8-9,11H2,2-3H3. The van der Waals surface area contributed by atoms with Crippen molar-refractivity contribution in [2.75, 3.05) is 13.7 Å². The summed E-state index contributed by atoms with van der Waals surface area (Å²) in [6.45, 7) is 7.44. The number of hydrogen-bond acceptors (Lipinski definition) is 3. The van der Waals surface area contributed by atoms with Crippen molar-refractivity contribution in [3.8, 4) is 11.5 Å². The van der Waals surface area contributed by atoms with Crippen molar-refractivity contribution in [1.82, 2.24) is 5.32 Å². The Bertz CT molecular complexity index is 438. The molecule has 0 atom stereocenters. The molecule has 1 aromatic rings. The van der Waals surface area contributed by atoms with E-state index in [4.69, 9.17) is 9.47 Å². The van der Waals surface area contributed by atoms with Crippen LogP contribution in [0.1, 0.15) is 31.7 Å². The maximum atomic E-state index is 5.86. The van der Waals surface area contributed by atoms with Gasteiger partial charge in [0.15, 0.2) is 0 Å². The first-order valence-corrected chi connectivity index (χ1v) is 6.86. The van der Waals surface area contributed by atoms with E-state index >= 15 is 0 Å². The van der Waals surface area contributed by atoms with Crippen molar-refractivity contribution in [2.45, 2.75) is 38.8 Å². The second-order valence-electron chi connectivity index (χ2n) is 5.18. The highest BCUT2D eigenvalue weighted by atomic mass is 16.5. The molecule has 1 saturated carbocycles. The molecule has 2 rings (SSSR count). The number of nitrogens with one attached hydrogen (secondary N) is 1. The molecule has 1 aromatic carbocycles. The van der Waals surface area contributed by atoms with E-state index < -0.39 is 0 Å². The van der Waals surface area contributed by atoms with Gasteiger partial charge in [0.1, 0.15) is 11.5 Å². The van der Waals surface area contributed by atoms with E-state index in [0.717, 1.165) is 30.0 Å². The summed E-state index contributed by atoms with van der Waals surface area (Å²) in [6, 6.07) is 6.72. The summed E-state index contributed by atoms with van der Waals surface area (Å²) >= 11 is 0. The SMILES string of the molecule is C=C(C)CCOc1cc(OC)ccc1CNC1CC1. The molecule has 0 radical (unpaired) electrons. The van der Waals surface area contributed by atoms with E-state index in [1.54, 1.807) is 7.11 Å². The Kier molecular flexibility index (Phi) is 4.86. The zero-order valence-electron chi connectivity index (χ0n) is 11.9. The second-order valence-corrected chi connectivity index (χ2v) is 5.18. The third kappa shape index (κ3) is 4.60. The van der Waals surface area contributed by atoms with Crippen LogP contribution in [0, 0.1) is 0 Å². The second kappa shape index (κ2) is 6.62. The Labute approximate surface area is 115 Å². The first kappa shape index (κ1) is 13.9. The minimum atomic E-state index is 0.666. The molecule has 1 aliphatic rings. The number of benzene rings is 1. The number of ether oxygens (including phenoxy) is 2. The molecule has 1 aliphatic carbocycles. The quantitative estimate of drug-likeness (QED) is 0.728. The van der Waals surface area contributed by atoms with Gasteiger partial charge in [0, 0.05) is 30.6 Å². The molecule has 104 valence electrons. The summed E-state index contributed by atoms with van der Waals surface area (Å²) in [5, 5.41) is 3.51. The molecule has 1 N–H and O–H groups in total. The third-order valence-corrected chi connectivity index (χ3v) is 3.22. The van der Waals surface area contributed by atoms with Crippen LogP contribution in [-0.4, -0.2) is 19.8 Å². The zero-order chi connectivity index (χ0) is 13.7. The molecule has 0 saturated heterocycles. The molecule has 0 aromatic heterocycles. The van der Waals surface area contributed by atoms with Gasteiger partial charge in [-0.15, -0.1) is 6.58 Å². The van der Waals surface area contributed by atoms with Crippen LogP contribution < -0.4 is 14.8 Å². The van der Waals surface area contributed by atoms with Crippen molar-refractivity contribution in [1.29, 1.82) is 0 Å². The smallest absolute Gasteiger partial charge is 0.127 e. The summed E-state index contributed by atoms with van der Waals surface area (Å²) in [5.41, 5.74) is 2.33. The third-order valence-electron chi connectivity index (χ3n) is 3.22. The minimum absolute atomic E-state index is 0.666. The van der Waals surface area contributed by atoms with E-state index in [0.29, 0.717) is 12.6 Å². The van der Waals surface area contributed by atoms with Crippen LogP contribution in [0.3, 0.4) is 0 Å². The fourth-order valence-electron chi connectivity index (χ4n) is 1.82. The molecule has 0 spiro atoms. The lowest BCUT2D eigenvalue weighted by atomic mass is 10.2. The number of hydrogen-bond donors (Lipinski definition) is 1. The van der Waals surface area contributed by atoms with E-state index in [1.807, 2.05) is 19.1 Å². The molecule has 3 heteroatoms. The van der Waals surface area contributed by atoms with Gasteiger partial charge in [0.2, 0.25) is 0 Å². The lowest BCUT2D eigenvalue weighted by Crippen LogP contribution is -2.16. The highest BCUT2D eigenvalue weighted by Crippen LogP contribution is 2.27. The minimum Gasteiger partial charge on any atom is -0.497 e. The van der Waals surface area contributed by atoms with Crippen LogP contribution >= 0.6 is 0 Å². The van der Waals surface area contributed by atoms with Crippen molar-refractivity contribution >= 4 is 0 Å². The summed E-state index contributed by atoms with van der Waals surface area (Å²) in [6.07, 6.45) is 3.47. The molecular formula is C16H23NO2. The molecule has 0 heterocycles. The van der Waals surface area contributed by atoms with Gasteiger partial charge < -0.3 is 14.8 Å². The van der Waals surface area contributed by atoms with Crippen LogP contribution in [0.5, 0.6) is 11.5 Å². The summed E-state index contributed by atoms with van der Waals surface area (Å²) in [5.74, 6) is 1.74. The van der Waals surface area contributed by atoms with Gasteiger partial charge in [-0.1, -0.05) is 11.6 Å². The van der Waals surface area contributed by atoms with Gasteiger partial charge in [-0.25, -0.2) is 0 Å². The van der Waals surface area contributed by atoms with Gasteiger partial charge in [-0.05, 0) is 25.8 Å². The zero-order valence-corrected chi connectivity index (χ0v) is 11.9. The van der Waals surface area contributed by atoms with Crippen molar-refractivity contribution in [3.05, 3.63) is 35.9 Å². The summed E-state index contributed by atoms with van der Waals surface area (Å²) < 4.78 is 11.1. The highest BCUT2D eigenvalue weighted by molar-refractivity contribution is 5.40. The van der Waals surface area contributed by atoms with Crippen molar-refractivity contribution in [3.63, 3.8) is 0 Å². The highest BCUT2D eigenvalue weighted by Gasteiger charge is 2.20. The molecule has 3 nitrogen and oxygen atoms in total. The molecule has 0 amide bonds. The fraction of sp³-hybridized carbons (Fsp3) is 0.500. The Morgan fingerprint density at radius 3 is 2.84 bits per heavy atom. The lowest BCUT2D eigenvalue weighted by molar-refractivity contribution is 0.314. The molecule has 0 aliphatic heterocycles. The lowest BCUT2D eigenvalue weighted by Gasteiger charge is -2.13. The molecule has 1 fully saturated rings. The summed E-state index contributed by atoms with van der Waals surface area (Å²) in [4.78, 5) is 0. The van der Waals surface area contributed by atoms with Crippen LogP contribution in [0.2, 0.25) is 0 Å². The maximum absolute atomic E-state index is 5.86. The van der Waals surface area contributed by atoms with Crippen molar-refractivity contribution < 1.29 is 9.47 Å². The average Bonchev–Trinajstić information content (AvgIpc) is 3.20. The van der Waals surface area contributed by atoms with Gasteiger partial charge in [-0.3, -0.25) is 0 Å². The predicted molar refractivity (Wildman–Crippen MR) is 77.8 cm³/mol. The molecule has 19 heavy (non-hydrogen) atoms. The normalized spacial score (nSPS) is 14.2. The predicted octanol–water partition coefficient (Wildman–Crippen LogP) is 3.29. The number of methoxy groups -OCH3 is 1. The largest absolute Gasteiger partial charge is 0.497 e. The first-order valence-electron chi connectivity index (χ1n) is 6.86. The van der Waals surface area contributed by atoms with Crippen LogP contribution in [0.15, 0.2) is 30.4 Å². The van der Waals surface area contributed by atoms with Crippen LogP contribution in [0.4, 0.5) is 0 Å². The Morgan fingerprint density at radius 2 is 2.21 bits per heavy atom. The van der Waals surface area contributed by atoms with Gasteiger partial charge in [0.05, 0.1) is 13.7 Å². The monoisotopic (exact) mass is 261 g/mol. The van der Waals surface area contributed by atoms with E-state index in [9.17, 15) is 0 Å². The van der Waals surface area contributed by atoms with E-state index in [1.165, 1.54) is 18.4 Å². The topological polar surface area (TPSA) is 30.5 Å². The Balaban J connectivity index is 1.99. The average molecular weight is 261 g/mol. The van der Waals surface area contributed by atoms with E-state index in [2.05, 4.69) is 18.0 Å². The van der Waals surface area contributed by atoms with E-state index in [-0.39, 0.29) is 0 Å². The Hall–Kier alpha value is -1.48. The molecular weight excluding hydrogens is 238 g/mol. The number of rotatable bonds is 8. The van der Waals surface area contributed by atoms with Crippen LogP contribution in [-0.2, 0) is 6.54 Å².